The molecule has 0 heterocycles. The van der Waals surface area contributed by atoms with E-state index in [1.807, 2.05) is 0 Å². The third-order valence-electron chi connectivity index (χ3n) is 1.75. The first-order valence-corrected chi connectivity index (χ1v) is 5.44. The molecule has 0 bridgehead atoms. The number of hydrogen-bond acceptors (Lipinski definition) is 2. The molecule has 1 aromatic rings. The summed E-state index contributed by atoms with van der Waals surface area (Å²) in [6.45, 7) is 0. The highest BCUT2D eigenvalue weighted by Crippen LogP contribution is 2.36. The number of alkyl halides is 3. The Morgan fingerprint density at radius 3 is 2.18 bits per heavy atom. The van der Waals surface area contributed by atoms with Crippen molar-refractivity contribution in [3.8, 4) is 0 Å². The lowest BCUT2D eigenvalue weighted by Crippen LogP contribution is -2.27. The van der Waals surface area contributed by atoms with Gasteiger partial charge >= 0.3 is 11.5 Å². The quantitative estimate of drug-likeness (QED) is 0.830. The van der Waals surface area contributed by atoms with Crippen LogP contribution in [0.15, 0.2) is 29.2 Å². The zero-order chi connectivity index (χ0) is 13.1. The zero-order valence-corrected chi connectivity index (χ0v) is 10.0. The molecular weight excluding hydrogens is 253 g/mol. The van der Waals surface area contributed by atoms with Crippen LogP contribution in [0.4, 0.5) is 23.7 Å². The number of hydrogen-bond donors (Lipinski definition) is 1. The van der Waals surface area contributed by atoms with Gasteiger partial charge in [-0.2, -0.15) is 13.2 Å². The van der Waals surface area contributed by atoms with Gasteiger partial charge in [0.1, 0.15) is 0 Å². The number of carbonyl (C=O) groups is 1. The van der Waals surface area contributed by atoms with Crippen LogP contribution in [0.3, 0.4) is 0 Å². The first kappa shape index (κ1) is 13.7. The SMILES string of the molecule is CN(C)C(=O)Nc1ccc(SC(F)(F)F)cc1. The van der Waals surface area contributed by atoms with E-state index in [4.69, 9.17) is 0 Å². The van der Waals surface area contributed by atoms with Gasteiger partial charge in [0.05, 0.1) is 0 Å². The summed E-state index contributed by atoms with van der Waals surface area (Å²) in [6.07, 6.45) is 0. The molecule has 1 N–H and O–H groups in total. The number of halogens is 3. The fourth-order valence-corrected chi connectivity index (χ4v) is 1.51. The van der Waals surface area contributed by atoms with Crippen molar-refractivity contribution in [3.05, 3.63) is 24.3 Å². The van der Waals surface area contributed by atoms with E-state index in [0.717, 1.165) is 0 Å². The average Bonchev–Trinajstić information content (AvgIpc) is 2.18. The summed E-state index contributed by atoms with van der Waals surface area (Å²) in [6, 6.07) is 5.14. The second-order valence-electron chi connectivity index (χ2n) is 3.40. The molecule has 17 heavy (non-hydrogen) atoms. The monoisotopic (exact) mass is 264 g/mol. The number of rotatable bonds is 2. The lowest BCUT2D eigenvalue weighted by atomic mass is 10.3. The summed E-state index contributed by atoms with van der Waals surface area (Å²) >= 11 is -0.188. The maximum Gasteiger partial charge on any atom is 0.446 e. The van der Waals surface area contributed by atoms with Crippen LogP contribution in [0.1, 0.15) is 0 Å². The van der Waals surface area contributed by atoms with Crippen molar-refractivity contribution in [2.45, 2.75) is 10.4 Å². The van der Waals surface area contributed by atoms with Crippen LogP contribution < -0.4 is 5.32 Å². The van der Waals surface area contributed by atoms with Crippen molar-refractivity contribution in [1.29, 1.82) is 0 Å². The molecule has 0 radical (unpaired) electrons. The van der Waals surface area contributed by atoms with Crippen molar-refractivity contribution < 1.29 is 18.0 Å². The number of urea groups is 1. The van der Waals surface area contributed by atoms with E-state index in [9.17, 15) is 18.0 Å². The molecule has 1 aromatic carbocycles. The summed E-state index contributed by atoms with van der Waals surface area (Å²) in [5.41, 5.74) is -3.84. The van der Waals surface area contributed by atoms with Gasteiger partial charge in [0.15, 0.2) is 0 Å². The maximum atomic E-state index is 12.0. The number of carbonyl (C=O) groups excluding carboxylic acids is 1. The average molecular weight is 264 g/mol. The highest BCUT2D eigenvalue weighted by atomic mass is 32.2. The van der Waals surface area contributed by atoms with Crippen LogP contribution in [-0.2, 0) is 0 Å². The molecule has 3 nitrogen and oxygen atoms in total. The Morgan fingerprint density at radius 2 is 1.76 bits per heavy atom. The van der Waals surface area contributed by atoms with Gasteiger partial charge in [0.25, 0.3) is 0 Å². The molecule has 1 rings (SSSR count). The minimum atomic E-state index is -4.30. The minimum Gasteiger partial charge on any atom is -0.331 e. The summed E-state index contributed by atoms with van der Waals surface area (Å²) in [5.74, 6) is 0. The Hall–Kier alpha value is -1.37. The maximum absolute atomic E-state index is 12.0. The largest absolute Gasteiger partial charge is 0.446 e. The third-order valence-corrected chi connectivity index (χ3v) is 2.48. The topological polar surface area (TPSA) is 32.3 Å². The summed E-state index contributed by atoms with van der Waals surface area (Å²) in [7, 11) is 3.15. The highest BCUT2D eigenvalue weighted by molar-refractivity contribution is 8.00. The summed E-state index contributed by atoms with van der Waals surface area (Å²) in [4.78, 5) is 12.7. The lowest BCUT2D eigenvalue weighted by Gasteiger charge is -2.12. The van der Waals surface area contributed by atoms with E-state index in [1.165, 1.54) is 29.2 Å². The van der Waals surface area contributed by atoms with E-state index in [1.54, 1.807) is 14.1 Å². The van der Waals surface area contributed by atoms with Crippen LogP contribution in [0, 0.1) is 0 Å². The van der Waals surface area contributed by atoms with Crippen LogP contribution in [0.25, 0.3) is 0 Å². The standard InChI is InChI=1S/C10H11F3N2OS/c1-15(2)9(16)14-7-3-5-8(6-4-7)17-10(11,12)13/h3-6H,1-2H3,(H,14,16). The zero-order valence-electron chi connectivity index (χ0n) is 9.21. The minimum absolute atomic E-state index is 0.0837. The number of amides is 2. The molecule has 0 atom stereocenters. The third kappa shape index (κ3) is 4.99. The van der Waals surface area contributed by atoms with Gasteiger partial charge in [-0.05, 0) is 36.0 Å². The van der Waals surface area contributed by atoms with E-state index in [0.29, 0.717) is 5.69 Å². The highest BCUT2D eigenvalue weighted by Gasteiger charge is 2.28. The van der Waals surface area contributed by atoms with Crippen molar-refractivity contribution >= 4 is 23.5 Å². The molecule has 94 valence electrons. The Morgan fingerprint density at radius 1 is 1.24 bits per heavy atom. The number of anilines is 1. The number of benzene rings is 1. The van der Waals surface area contributed by atoms with Crippen LogP contribution >= 0.6 is 11.8 Å². The van der Waals surface area contributed by atoms with Crippen molar-refractivity contribution in [2.24, 2.45) is 0 Å². The molecule has 0 saturated heterocycles. The Bertz CT molecular complexity index is 390. The lowest BCUT2D eigenvalue weighted by molar-refractivity contribution is -0.0328. The Balaban J connectivity index is 2.65. The van der Waals surface area contributed by atoms with Gasteiger partial charge in [-0.15, -0.1) is 0 Å². The van der Waals surface area contributed by atoms with E-state index >= 15 is 0 Å². The molecule has 0 spiro atoms. The molecule has 0 aliphatic heterocycles. The number of nitrogens with one attached hydrogen (secondary N) is 1. The second kappa shape index (κ2) is 5.31. The normalized spacial score (nSPS) is 11.1. The van der Waals surface area contributed by atoms with Crippen molar-refractivity contribution in [3.63, 3.8) is 0 Å². The molecule has 0 fully saturated rings. The Kier molecular flexibility index (Phi) is 4.28. The molecule has 0 aliphatic rings. The summed E-state index contributed by atoms with van der Waals surface area (Å²) in [5, 5.41) is 2.53. The van der Waals surface area contributed by atoms with Crippen LogP contribution in [0.2, 0.25) is 0 Å². The predicted octanol–water partition coefficient (Wildman–Crippen LogP) is 3.39. The van der Waals surface area contributed by atoms with Gasteiger partial charge in [-0.25, -0.2) is 4.79 Å². The van der Waals surface area contributed by atoms with E-state index in [-0.39, 0.29) is 22.7 Å². The van der Waals surface area contributed by atoms with Gasteiger partial charge in [-0.3, -0.25) is 0 Å². The molecule has 0 unspecified atom stereocenters. The molecule has 0 saturated carbocycles. The molecule has 0 aliphatic carbocycles. The number of nitrogens with zero attached hydrogens (tertiary/aromatic N) is 1. The predicted molar refractivity (Wildman–Crippen MR) is 61.1 cm³/mol. The molecule has 7 heteroatoms. The fourth-order valence-electron chi connectivity index (χ4n) is 0.975. The Labute approximate surface area is 101 Å². The smallest absolute Gasteiger partial charge is 0.331 e. The summed E-state index contributed by atoms with van der Waals surface area (Å²) < 4.78 is 36.1. The van der Waals surface area contributed by atoms with Crippen LogP contribution in [-0.4, -0.2) is 30.5 Å². The molecular formula is C10H11F3N2OS. The van der Waals surface area contributed by atoms with Gasteiger partial charge in [0, 0.05) is 24.7 Å². The van der Waals surface area contributed by atoms with E-state index < -0.39 is 5.51 Å². The first-order chi connectivity index (χ1) is 7.78. The van der Waals surface area contributed by atoms with Crippen molar-refractivity contribution in [2.75, 3.05) is 19.4 Å². The molecule has 2 amide bonds. The first-order valence-electron chi connectivity index (χ1n) is 4.62. The van der Waals surface area contributed by atoms with E-state index in [2.05, 4.69) is 5.32 Å². The molecule has 0 aromatic heterocycles. The van der Waals surface area contributed by atoms with Gasteiger partial charge in [-0.1, -0.05) is 0 Å². The van der Waals surface area contributed by atoms with Gasteiger partial charge in [0.2, 0.25) is 0 Å². The second-order valence-corrected chi connectivity index (χ2v) is 4.54. The number of thioether (sulfide) groups is 1. The fraction of sp³-hybridized carbons (Fsp3) is 0.300. The van der Waals surface area contributed by atoms with Gasteiger partial charge < -0.3 is 10.2 Å². The van der Waals surface area contributed by atoms with Crippen LogP contribution in [0.5, 0.6) is 0 Å². The van der Waals surface area contributed by atoms with Crippen molar-refractivity contribution in [1.82, 2.24) is 4.90 Å².